The van der Waals surface area contributed by atoms with Crippen LogP contribution in [0.1, 0.15) is 31.7 Å². The van der Waals surface area contributed by atoms with E-state index >= 15 is 0 Å². The predicted octanol–water partition coefficient (Wildman–Crippen LogP) is 0.610. The highest BCUT2D eigenvalue weighted by Gasteiger charge is 2.36. The minimum atomic E-state index is -0.872. The lowest BCUT2D eigenvalue weighted by molar-refractivity contribution is -0.138. The van der Waals surface area contributed by atoms with Crippen molar-refractivity contribution in [1.29, 1.82) is 0 Å². The summed E-state index contributed by atoms with van der Waals surface area (Å²) < 4.78 is 5.10. The van der Waals surface area contributed by atoms with Crippen molar-refractivity contribution in [2.24, 2.45) is 0 Å². The number of hydrogen-bond donors (Lipinski definition) is 1. The minimum Gasteiger partial charge on any atom is -0.359 e. The summed E-state index contributed by atoms with van der Waals surface area (Å²) in [6, 6.07) is 1.79. The molecular formula is C12H17N3O3. The summed E-state index contributed by atoms with van der Waals surface area (Å²) in [6.07, 6.45) is 0.308. The van der Waals surface area contributed by atoms with Crippen LogP contribution in [0.25, 0.3) is 0 Å². The first-order valence-electron chi connectivity index (χ1n) is 5.91. The second kappa shape index (κ2) is 4.44. The normalized spacial score (nSPS) is 19.6. The molecule has 98 valence electrons. The van der Waals surface area contributed by atoms with Crippen molar-refractivity contribution in [2.45, 2.75) is 39.3 Å². The quantitative estimate of drug-likeness (QED) is 0.835. The van der Waals surface area contributed by atoms with Crippen molar-refractivity contribution >= 4 is 11.8 Å². The van der Waals surface area contributed by atoms with Crippen LogP contribution in [0.15, 0.2) is 10.6 Å². The average molecular weight is 251 g/mol. The van der Waals surface area contributed by atoms with Gasteiger partial charge in [-0.2, -0.15) is 0 Å². The van der Waals surface area contributed by atoms with Gasteiger partial charge in [0.15, 0.2) is 5.76 Å². The van der Waals surface area contributed by atoms with Gasteiger partial charge in [0.2, 0.25) is 11.8 Å². The molecule has 1 aromatic heterocycles. The Morgan fingerprint density at radius 3 is 2.83 bits per heavy atom. The van der Waals surface area contributed by atoms with E-state index in [0.29, 0.717) is 25.3 Å². The van der Waals surface area contributed by atoms with Crippen LogP contribution in [-0.2, 0) is 16.1 Å². The lowest BCUT2D eigenvalue weighted by Crippen LogP contribution is -2.52. The summed E-state index contributed by atoms with van der Waals surface area (Å²) in [6.45, 7) is 5.98. The molecule has 0 aliphatic carbocycles. The molecule has 1 aliphatic heterocycles. The number of aryl methyl sites for hydroxylation is 1. The standard InChI is InChI=1S/C12H17N3O3/c1-8-6-9(18-14-8)7-15-5-4-10(16)13-12(2,3)11(15)17/h6H,4-5,7H2,1-3H3,(H,13,16). The Morgan fingerprint density at radius 2 is 2.22 bits per heavy atom. The van der Waals surface area contributed by atoms with E-state index in [-0.39, 0.29) is 11.8 Å². The fourth-order valence-corrected chi connectivity index (χ4v) is 2.03. The number of amides is 2. The van der Waals surface area contributed by atoms with Crippen molar-refractivity contribution in [2.75, 3.05) is 6.54 Å². The molecule has 1 fully saturated rings. The van der Waals surface area contributed by atoms with E-state index in [9.17, 15) is 9.59 Å². The molecule has 6 heteroatoms. The van der Waals surface area contributed by atoms with E-state index in [1.807, 2.05) is 6.92 Å². The second-order valence-electron chi connectivity index (χ2n) is 5.08. The van der Waals surface area contributed by atoms with E-state index in [0.717, 1.165) is 5.69 Å². The molecule has 0 saturated carbocycles. The molecular weight excluding hydrogens is 234 g/mol. The summed E-state index contributed by atoms with van der Waals surface area (Å²) in [5.74, 6) is 0.415. The van der Waals surface area contributed by atoms with Crippen molar-refractivity contribution < 1.29 is 14.1 Å². The molecule has 6 nitrogen and oxygen atoms in total. The Labute approximate surface area is 105 Å². The Bertz CT molecular complexity index is 479. The number of nitrogens with zero attached hydrogens (tertiary/aromatic N) is 2. The van der Waals surface area contributed by atoms with Gasteiger partial charge in [-0.3, -0.25) is 9.59 Å². The van der Waals surface area contributed by atoms with Gasteiger partial charge in [0, 0.05) is 19.0 Å². The Kier molecular flexibility index (Phi) is 3.11. The van der Waals surface area contributed by atoms with Crippen LogP contribution in [0.5, 0.6) is 0 Å². The zero-order valence-corrected chi connectivity index (χ0v) is 10.8. The van der Waals surface area contributed by atoms with Crippen molar-refractivity contribution in [1.82, 2.24) is 15.4 Å². The summed E-state index contributed by atoms with van der Waals surface area (Å²) in [4.78, 5) is 25.4. The molecule has 0 atom stereocenters. The molecule has 2 heterocycles. The molecule has 1 N–H and O–H groups in total. The third-order valence-electron chi connectivity index (χ3n) is 2.91. The lowest BCUT2D eigenvalue weighted by Gasteiger charge is -2.28. The third-order valence-corrected chi connectivity index (χ3v) is 2.91. The molecule has 1 aliphatic rings. The number of carbonyl (C=O) groups is 2. The number of nitrogens with one attached hydrogen (secondary N) is 1. The molecule has 0 unspecified atom stereocenters. The van der Waals surface area contributed by atoms with Gasteiger partial charge < -0.3 is 14.7 Å². The van der Waals surface area contributed by atoms with Crippen LogP contribution in [0.2, 0.25) is 0 Å². The highest BCUT2D eigenvalue weighted by atomic mass is 16.5. The maximum Gasteiger partial charge on any atom is 0.248 e. The van der Waals surface area contributed by atoms with E-state index in [4.69, 9.17) is 4.52 Å². The van der Waals surface area contributed by atoms with Crippen molar-refractivity contribution in [3.05, 3.63) is 17.5 Å². The maximum absolute atomic E-state index is 12.3. The van der Waals surface area contributed by atoms with E-state index in [1.54, 1.807) is 24.8 Å². The first-order valence-corrected chi connectivity index (χ1v) is 5.91. The molecule has 18 heavy (non-hydrogen) atoms. The smallest absolute Gasteiger partial charge is 0.248 e. The number of hydrogen-bond acceptors (Lipinski definition) is 4. The summed E-state index contributed by atoms with van der Waals surface area (Å²) in [7, 11) is 0. The molecule has 0 bridgehead atoms. The van der Waals surface area contributed by atoms with Crippen LogP contribution in [0.3, 0.4) is 0 Å². The molecule has 2 rings (SSSR count). The van der Waals surface area contributed by atoms with E-state index in [2.05, 4.69) is 10.5 Å². The third kappa shape index (κ3) is 2.52. The minimum absolute atomic E-state index is 0.107. The predicted molar refractivity (Wildman–Crippen MR) is 63.5 cm³/mol. The van der Waals surface area contributed by atoms with E-state index in [1.165, 1.54) is 0 Å². The van der Waals surface area contributed by atoms with Gasteiger partial charge in [0.25, 0.3) is 0 Å². The largest absolute Gasteiger partial charge is 0.359 e. The molecule has 1 saturated heterocycles. The summed E-state index contributed by atoms with van der Waals surface area (Å²) in [5.41, 5.74) is -0.0939. The van der Waals surface area contributed by atoms with Gasteiger partial charge in [0.05, 0.1) is 12.2 Å². The fourth-order valence-electron chi connectivity index (χ4n) is 2.03. The van der Waals surface area contributed by atoms with Crippen LogP contribution in [0.4, 0.5) is 0 Å². The molecule has 0 radical (unpaired) electrons. The average Bonchev–Trinajstić information content (AvgIpc) is 2.64. The van der Waals surface area contributed by atoms with Gasteiger partial charge in [-0.25, -0.2) is 0 Å². The molecule has 0 spiro atoms. The van der Waals surface area contributed by atoms with Gasteiger partial charge in [-0.1, -0.05) is 5.16 Å². The molecule has 0 aromatic carbocycles. The molecule has 2 amide bonds. The first-order chi connectivity index (χ1) is 8.38. The highest BCUT2D eigenvalue weighted by Crippen LogP contribution is 2.16. The van der Waals surface area contributed by atoms with Crippen LogP contribution < -0.4 is 5.32 Å². The molecule has 1 aromatic rings. The number of carbonyl (C=O) groups excluding carboxylic acids is 2. The van der Waals surface area contributed by atoms with Crippen LogP contribution in [-0.4, -0.2) is 34.0 Å². The zero-order valence-electron chi connectivity index (χ0n) is 10.8. The maximum atomic E-state index is 12.3. The Balaban J connectivity index is 2.16. The SMILES string of the molecule is Cc1cc(CN2CCC(=O)NC(C)(C)C2=O)on1. The Hall–Kier alpha value is -1.85. The van der Waals surface area contributed by atoms with Crippen LogP contribution in [0, 0.1) is 6.92 Å². The van der Waals surface area contributed by atoms with Gasteiger partial charge >= 0.3 is 0 Å². The Morgan fingerprint density at radius 1 is 1.50 bits per heavy atom. The van der Waals surface area contributed by atoms with Gasteiger partial charge in [-0.15, -0.1) is 0 Å². The topological polar surface area (TPSA) is 75.4 Å². The van der Waals surface area contributed by atoms with Gasteiger partial charge in [-0.05, 0) is 20.8 Å². The van der Waals surface area contributed by atoms with Crippen molar-refractivity contribution in [3.63, 3.8) is 0 Å². The highest BCUT2D eigenvalue weighted by molar-refractivity contribution is 5.92. The zero-order chi connectivity index (χ0) is 13.3. The number of aromatic nitrogens is 1. The second-order valence-corrected chi connectivity index (χ2v) is 5.08. The first kappa shape index (κ1) is 12.6. The van der Waals surface area contributed by atoms with Crippen molar-refractivity contribution in [3.8, 4) is 0 Å². The fraction of sp³-hybridized carbons (Fsp3) is 0.583. The van der Waals surface area contributed by atoms with Crippen LogP contribution >= 0.6 is 0 Å². The summed E-state index contributed by atoms with van der Waals surface area (Å²) >= 11 is 0. The van der Waals surface area contributed by atoms with Gasteiger partial charge in [0.1, 0.15) is 5.54 Å². The number of rotatable bonds is 2. The monoisotopic (exact) mass is 251 g/mol. The summed E-state index contributed by atoms with van der Waals surface area (Å²) in [5, 5.41) is 6.50. The lowest BCUT2D eigenvalue weighted by atomic mass is 10.0. The van der Waals surface area contributed by atoms with E-state index < -0.39 is 5.54 Å².